The van der Waals surface area contributed by atoms with Gasteiger partial charge in [0.15, 0.2) is 0 Å². The zero-order valence-electron chi connectivity index (χ0n) is 5.73. The summed E-state index contributed by atoms with van der Waals surface area (Å²) in [4.78, 5) is 11.5. The highest BCUT2D eigenvalue weighted by Crippen LogP contribution is 2.11. The molecule has 0 aromatic rings. The Bertz CT molecular complexity index is 108. The predicted octanol–water partition coefficient (Wildman–Crippen LogP) is 0.999. The number of thioether (sulfide) groups is 1. The van der Waals surface area contributed by atoms with Crippen molar-refractivity contribution in [3.63, 3.8) is 0 Å². The topological polar surface area (TPSA) is 29.1 Å². The fourth-order valence-corrected chi connectivity index (χ4v) is 0.615. The SMILES string of the molecule is C=C(CC(=O)NC)SC. The van der Waals surface area contributed by atoms with E-state index in [-0.39, 0.29) is 5.91 Å². The van der Waals surface area contributed by atoms with Gasteiger partial charge in [-0.3, -0.25) is 4.79 Å². The Morgan fingerprint density at radius 3 is 2.67 bits per heavy atom. The molecule has 3 heteroatoms. The molecule has 0 spiro atoms. The van der Waals surface area contributed by atoms with Crippen molar-refractivity contribution in [2.24, 2.45) is 0 Å². The molecule has 0 saturated carbocycles. The van der Waals surface area contributed by atoms with Crippen LogP contribution in [0.2, 0.25) is 0 Å². The normalized spacial score (nSPS) is 8.67. The summed E-state index contributed by atoms with van der Waals surface area (Å²) in [7, 11) is 1.62. The lowest BCUT2D eigenvalue weighted by atomic mass is 10.4. The van der Waals surface area contributed by atoms with Crippen LogP contribution in [0, 0.1) is 0 Å². The van der Waals surface area contributed by atoms with Crippen LogP contribution in [0.5, 0.6) is 0 Å². The molecular formula is C6H11NOS. The van der Waals surface area contributed by atoms with Gasteiger partial charge in [-0.1, -0.05) is 6.58 Å². The van der Waals surface area contributed by atoms with E-state index < -0.39 is 0 Å². The molecule has 0 rings (SSSR count). The van der Waals surface area contributed by atoms with Crippen molar-refractivity contribution in [2.75, 3.05) is 13.3 Å². The zero-order chi connectivity index (χ0) is 7.28. The summed E-state index contributed by atoms with van der Waals surface area (Å²) in [6.45, 7) is 3.66. The van der Waals surface area contributed by atoms with Crippen LogP contribution < -0.4 is 5.32 Å². The first-order chi connectivity index (χ1) is 4.20. The van der Waals surface area contributed by atoms with Gasteiger partial charge in [0.1, 0.15) is 0 Å². The molecule has 0 aliphatic heterocycles. The van der Waals surface area contributed by atoms with Crippen molar-refractivity contribution in [1.29, 1.82) is 0 Å². The average molecular weight is 145 g/mol. The molecule has 1 amide bonds. The Hall–Kier alpha value is -0.440. The van der Waals surface area contributed by atoms with Crippen molar-refractivity contribution in [1.82, 2.24) is 5.32 Å². The maximum absolute atomic E-state index is 10.6. The Morgan fingerprint density at radius 1 is 1.78 bits per heavy atom. The van der Waals surface area contributed by atoms with E-state index in [4.69, 9.17) is 0 Å². The summed E-state index contributed by atoms with van der Waals surface area (Å²) in [5.41, 5.74) is 0. The Balaban J connectivity index is 3.47. The van der Waals surface area contributed by atoms with E-state index in [9.17, 15) is 4.79 Å². The first kappa shape index (κ1) is 8.56. The summed E-state index contributed by atoms with van der Waals surface area (Å²) in [5.74, 6) is 0.0225. The summed E-state index contributed by atoms with van der Waals surface area (Å²) in [6, 6.07) is 0. The second kappa shape index (κ2) is 4.44. The van der Waals surface area contributed by atoms with Crippen LogP contribution in [0.1, 0.15) is 6.42 Å². The van der Waals surface area contributed by atoms with Gasteiger partial charge >= 0.3 is 0 Å². The van der Waals surface area contributed by atoms with Gasteiger partial charge < -0.3 is 5.32 Å². The summed E-state index contributed by atoms with van der Waals surface area (Å²) < 4.78 is 0. The fraction of sp³-hybridized carbons (Fsp3) is 0.500. The molecule has 0 aliphatic rings. The lowest BCUT2D eigenvalue weighted by molar-refractivity contribution is -0.119. The molecule has 0 heterocycles. The van der Waals surface area contributed by atoms with E-state index in [0.717, 1.165) is 4.91 Å². The van der Waals surface area contributed by atoms with E-state index in [1.54, 1.807) is 7.05 Å². The lowest BCUT2D eigenvalue weighted by Gasteiger charge is -1.98. The van der Waals surface area contributed by atoms with Gasteiger partial charge in [-0.2, -0.15) is 0 Å². The molecule has 1 N–H and O–H groups in total. The van der Waals surface area contributed by atoms with Gasteiger partial charge in [0.05, 0.1) is 6.42 Å². The molecule has 0 aromatic carbocycles. The monoisotopic (exact) mass is 145 g/mol. The largest absolute Gasteiger partial charge is 0.359 e. The molecule has 0 saturated heterocycles. The standard InChI is InChI=1S/C6H11NOS/c1-5(9-3)4-6(8)7-2/h1,4H2,2-3H3,(H,7,8). The van der Waals surface area contributed by atoms with Crippen molar-refractivity contribution in [3.05, 3.63) is 11.5 Å². The number of hydrogen-bond donors (Lipinski definition) is 1. The summed E-state index contributed by atoms with van der Waals surface area (Å²) >= 11 is 1.51. The van der Waals surface area contributed by atoms with Gasteiger partial charge in [0.2, 0.25) is 5.91 Å². The third kappa shape index (κ3) is 4.09. The Kier molecular flexibility index (Phi) is 4.22. The van der Waals surface area contributed by atoms with Gasteiger partial charge in [-0.15, -0.1) is 11.8 Å². The van der Waals surface area contributed by atoms with Crippen LogP contribution in [0.4, 0.5) is 0 Å². The second-order valence-corrected chi connectivity index (χ2v) is 2.58. The predicted molar refractivity (Wildman–Crippen MR) is 41.3 cm³/mol. The molecule has 0 bridgehead atoms. The quantitative estimate of drug-likeness (QED) is 0.642. The number of hydrogen-bond acceptors (Lipinski definition) is 2. The third-order valence-electron chi connectivity index (χ3n) is 0.925. The molecular weight excluding hydrogens is 134 g/mol. The maximum Gasteiger partial charge on any atom is 0.224 e. The highest BCUT2D eigenvalue weighted by atomic mass is 32.2. The van der Waals surface area contributed by atoms with Gasteiger partial charge in [0.25, 0.3) is 0 Å². The van der Waals surface area contributed by atoms with E-state index >= 15 is 0 Å². The minimum Gasteiger partial charge on any atom is -0.359 e. The van der Waals surface area contributed by atoms with E-state index in [2.05, 4.69) is 11.9 Å². The minimum absolute atomic E-state index is 0.0225. The molecule has 0 radical (unpaired) electrons. The Morgan fingerprint density at radius 2 is 2.33 bits per heavy atom. The number of carbonyl (C=O) groups is 1. The van der Waals surface area contributed by atoms with Crippen molar-refractivity contribution in [2.45, 2.75) is 6.42 Å². The van der Waals surface area contributed by atoms with Crippen molar-refractivity contribution >= 4 is 17.7 Å². The van der Waals surface area contributed by atoms with Crippen LogP contribution >= 0.6 is 11.8 Å². The number of carbonyl (C=O) groups excluding carboxylic acids is 1. The highest BCUT2D eigenvalue weighted by molar-refractivity contribution is 8.02. The van der Waals surface area contributed by atoms with Crippen molar-refractivity contribution in [3.8, 4) is 0 Å². The van der Waals surface area contributed by atoms with Crippen LogP contribution in [-0.4, -0.2) is 19.2 Å². The van der Waals surface area contributed by atoms with E-state index in [1.807, 2.05) is 6.26 Å². The molecule has 0 fully saturated rings. The fourth-order valence-electron chi connectivity index (χ4n) is 0.340. The maximum atomic E-state index is 10.6. The number of rotatable bonds is 3. The molecule has 0 unspecified atom stereocenters. The number of nitrogens with one attached hydrogen (secondary N) is 1. The van der Waals surface area contributed by atoms with Gasteiger partial charge in [-0.25, -0.2) is 0 Å². The molecule has 2 nitrogen and oxygen atoms in total. The van der Waals surface area contributed by atoms with Gasteiger partial charge in [0, 0.05) is 7.05 Å². The second-order valence-electron chi connectivity index (χ2n) is 1.59. The van der Waals surface area contributed by atoms with E-state index in [0.29, 0.717) is 6.42 Å². The van der Waals surface area contributed by atoms with Crippen molar-refractivity contribution < 1.29 is 4.79 Å². The average Bonchev–Trinajstić information content (AvgIpc) is 1.87. The highest BCUT2D eigenvalue weighted by Gasteiger charge is 1.98. The van der Waals surface area contributed by atoms with Crippen LogP contribution in [0.15, 0.2) is 11.5 Å². The summed E-state index contributed by atoms with van der Waals surface area (Å²) in [6.07, 6.45) is 2.34. The molecule has 0 aliphatic carbocycles. The van der Waals surface area contributed by atoms with Gasteiger partial charge in [-0.05, 0) is 11.2 Å². The first-order valence-electron chi connectivity index (χ1n) is 2.63. The lowest BCUT2D eigenvalue weighted by Crippen LogP contribution is -2.17. The third-order valence-corrected chi connectivity index (χ3v) is 1.65. The summed E-state index contributed by atoms with van der Waals surface area (Å²) in [5, 5.41) is 2.52. The molecule has 52 valence electrons. The molecule has 0 aromatic heterocycles. The molecule has 0 atom stereocenters. The molecule has 9 heavy (non-hydrogen) atoms. The van der Waals surface area contributed by atoms with Crippen LogP contribution in [0.25, 0.3) is 0 Å². The van der Waals surface area contributed by atoms with E-state index in [1.165, 1.54) is 11.8 Å². The zero-order valence-corrected chi connectivity index (χ0v) is 6.55. The van der Waals surface area contributed by atoms with Crippen LogP contribution in [0.3, 0.4) is 0 Å². The first-order valence-corrected chi connectivity index (χ1v) is 3.85. The number of amides is 1. The smallest absolute Gasteiger partial charge is 0.224 e. The Labute approximate surface area is 59.7 Å². The minimum atomic E-state index is 0.0225. The van der Waals surface area contributed by atoms with Crippen LogP contribution in [-0.2, 0) is 4.79 Å².